The minimum atomic E-state index is -0.796. The lowest BCUT2D eigenvalue weighted by atomic mass is 9.97. The lowest BCUT2D eigenvalue weighted by molar-refractivity contribution is -0.142. The summed E-state index contributed by atoms with van der Waals surface area (Å²) in [6, 6.07) is 0.156. The van der Waals surface area contributed by atoms with Crippen LogP contribution in [0.25, 0.3) is 0 Å². The minimum Gasteiger partial charge on any atom is -0.481 e. The van der Waals surface area contributed by atoms with Crippen LogP contribution in [0.4, 0.5) is 4.79 Å². The van der Waals surface area contributed by atoms with Gasteiger partial charge in [-0.25, -0.2) is 4.79 Å². The fraction of sp³-hybridized carbons (Fsp3) is 0.867. The fourth-order valence-corrected chi connectivity index (χ4v) is 3.41. The highest BCUT2D eigenvalue weighted by Gasteiger charge is 2.37. The number of aliphatic carboxylic acids is 1. The summed E-state index contributed by atoms with van der Waals surface area (Å²) >= 11 is 0. The first-order valence-electron chi connectivity index (χ1n) is 7.77. The van der Waals surface area contributed by atoms with Crippen molar-refractivity contribution in [3.05, 3.63) is 0 Å². The Labute approximate surface area is 120 Å². The molecule has 20 heavy (non-hydrogen) atoms. The number of carbonyl (C=O) groups excluding carboxylic acids is 1. The third-order valence-electron chi connectivity index (χ3n) is 4.89. The number of carboxylic acids is 1. The highest BCUT2D eigenvalue weighted by Crippen LogP contribution is 2.25. The van der Waals surface area contributed by atoms with E-state index in [1.165, 1.54) is 25.7 Å². The maximum absolute atomic E-state index is 12.3. The molecule has 2 fully saturated rings. The van der Waals surface area contributed by atoms with E-state index in [1.807, 2.05) is 6.92 Å². The molecular weight excluding hydrogens is 256 g/mol. The van der Waals surface area contributed by atoms with E-state index in [2.05, 4.69) is 12.2 Å². The third-order valence-corrected chi connectivity index (χ3v) is 4.89. The maximum atomic E-state index is 12.3. The number of rotatable bonds is 2. The summed E-state index contributed by atoms with van der Waals surface area (Å²) in [5, 5.41) is 12.3. The van der Waals surface area contributed by atoms with Gasteiger partial charge in [0.15, 0.2) is 0 Å². The molecule has 2 N–H and O–H groups in total. The van der Waals surface area contributed by atoms with Crippen molar-refractivity contribution in [2.75, 3.05) is 13.1 Å². The average molecular weight is 282 g/mol. The number of carboxylic acid groups (broad SMARTS) is 1. The molecule has 2 unspecified atom stereocenters. The molecule has 0 aromatic heterocycles. The molecule has 4 atom stereocenters. The summed E-state index contributed by atoms with van der Waals surface area (Å²) < 4.78 is 0. The van der Waals surface area contributed by atoms with E-state index in [-0.39, 0.29) is 18.0 Å². The predicted molar refractivity (Wildman–Crippen MR) is 76.4 cm³/mol. The number of hydrogen-bond donors (Lipinski definition) is 2. The summed E-state index contributed by atoms with van der Waals surface area (Å²) in [5.41, 5.74) is 0. The molecule has 2 rings (SSSR count). The van der Waals surface area contributed by atoms with Gasteiger partial charge >= 0.3 is 12.0 Å². The molecule has 1 saturated heterocycles. The molecule has 1 aliphatic carbocycles. The van der Waals surface area contributed by atoms with Crippen LogP contribution in [0.15, 0.2) is 0 Å². The molecule has 1 heterocycles. The van der Waals surface area contributed by atoms with Crippen molar-refractivity contribution in [1.82, 2.24) is 10.2 Å². The SMILES string of the molecule is CC1CCCCCC1NC(=O)N1C[C@@H](C)[C@H](C(=O)O)C1. The third kappa shape index (κ3) is 3.44. The summed E-state index contributed by atoms with van der Waals surface area (Å²) in [4.78, 5) is 25.1. The van der Waals surface area contributed by atoms with Gasteiger partial charge in [0.05, 0.1) is 5.92 Å². The van der Waals surface area contributed by atoms with Crippen molar-refractivity contribution in [2.45, 2.75) is 52.0 Å². The van der Waals surface area contributed by atoms with Crippen molar-refractivity contribution in [3.63, 3.8) is 0 Å². The van der Waals surface area contributed by atoms with Crippen molar-refractivity contribution in [3.8, 4) is 0 Å². The predicted octanol–water partition coefficient (Wildman–Crippen LogP) is 2.32. The highest BCUT2D eigenvalue weighted by atomic mass is 16.4. The van der Waals surface area contributed by atoms with Crippen LogP contribution in [0.3, 0.4) is 0 Å². The van der Waals surface area contributed by atoms with Crippen LogP contribution < -0.4 is 5.32 Å². The quantitative estimate of drug-likeness (QED) is 0.764. The number of nitrogens with zero attached hydrogens (tertiary/aromatic N) is 1. The van der Waals surface area contributed by atoms with Gasteiger partial charge in [0.2, 0.25) is 0 Å². The Kier molecular flexibility index (Phi) is 4.89. The van der Waals surface area contributed by atoms with Crippen LogP contribution in [0.2, 0.25) is 0 Å². The Morgan fingerprint density at radius 2 is 1.75 bits per heavy atom. The van der Waals surface area contributed by atoms with Crippen molar-refractivity contribution >= 4 is 12.0 Å². The molecule has 5 nitrogen and oxygen atoms in total. The van der Waals surface area contributed by atoms with E-state index in [0.717, 1.165) is 6.42 Å². The Morgan fingerprint density at radius 1 is 1.05 bits per heavy atom. The molecule has 2 aliphatic rings. The second-order valence-electron chi connectivity index (χ2n) is 6.50. The molecule has 1 aliphatic heterocycles. The van der Waals surface area contributed by atoms with E-state index in [9.17, 15) is 9.59 Å². The molecule has 1 saturated carbocycles. The standard InChI is InChI=1S/C15H26N2O3/c1-10-6-4-3-5-7-13(10)16-15(20)17-8-11(2)12(9-17)14(18)19/h10-13H,3-9H2,1-2H3,(H,16,20)(H,18,19)/t10?,11-,12-,13?/m1/s1. The van der Waals surface area contributed by atoms with Crippen LogP contribution in [0, 0.1) is 17.8 Å². The zero-order valence-corrected chi connectivity index (χ0v) is 12.5. The number of nitrogens with one attached hydrogen (secondary N) is 1. The van der Waals surface area contributed by atoms with Gasteiger partial charge in [-0.05, 0) is 24.7 Å². The van der Waals surface area contributed by atoms with Gasteiger partial charge in [-0.2, -0.15) is 0 Å². The lowest BCUT2D eigenvalue weighted by Gasteiger charge is -2.26. The fourth-order valence-electron chi connectivity index (χ4n) is 3.41. The Hall–Kier alpha value is -1.26. The largest absolute Gasteiger partial charge is 0.481 e. The van der Waals surface area contributed by atoms with Crippen LogP contribution in [0.1, 0.15) is 46.0 Å². The van der Waals surface area contributed by atoms with Gasteiger partial charge in [-0.15, -0.1) is 0 Å². The first kappa shape index (κ1) is 15.1. The number of carbonyl (C=O) groups is 2. The van der Waals surface area contributed by atoms with Crippen molar-refractivity contribution in [1.29, 1.82) is 0 Å². The zero-order chi connectivity index (χ0) is 14.7. The summed E-state index contributed by atoms with van der Waals surface area (Å²) in [6.07, 6.45) is 5.87. The van der Waals surface area contributed by atoms with Gasteiger partial charge in [0.1, 0.15) is 0 Å². The summed E-state index contributed by atoms with van der Waals surface area (Å²) in [5.74, 6) is -0.676. The van der Waals surface area contributed by atoms with Gasteiger partial charge in [-0.1, -0.05) is 33.1 Å². The number of hydrogen-bond acceptors (Lipinski definition) is 2. The van der Waals surface area contributed by atoms with Crippen LogP contribution in [-0.2, 0) is 4.79 Å². The monoisotopic (exact) mass is 282 g/mol. The number of likely N-dealkylation sites (tertiary alicyclic amines) is 1. The van der Waals surface area contributed by atoms with E-state index in [1.54, 1.807) is 4.90 Å². The summed E-state index contributed by atoms with van der Waals surface area (Å²) in [7, 11) is 0. The minimum absolute atomic E-state index is 0.0322. The Morgan fingerprint density at radius 3 is 2.40 bits per heavy atom. The first-order chi connectivity index (χ1) is 9.49. The Balaban J connectivity index is 1.90. The van der Waals surface area contributed by atoms with Crippen LogP contribution >= 0.6 is 0 Å². The smallest absolute Gasteiger partial charge is 0.317 e. The summed E-state index contributed by atoms with van der Waals surface area (Å²) in [6.45, 7) is 4.98. The van der Waals surface area contributed by atoms with Gasteiger partial charge < -0.3 is 15.3 Å². The zero-order valence-electron chi connectivity index (χ0n) is 12.5. The van der Waals surface area contributed by atoms with Crippen molar-refractivity contribution < 1.29 is 14.7 Å². The van der Waals surface area contributed by atoms with Gasteiger partial charge in [0, 0.05) is 19.1 Å². The maximum Gasteiger partial charge on any atom is 0.317 e. The van der Waals surface area contributed by atoms with E-state index < -0.39 is 11.9 Å². The van der Waals surface area contributed by atoms with Crippen LogP contribution in [-0.4, -0.2) is 41.1 Å². The molecule has 0 bridgehead atoms. The first-order valence-corrected chi connectivity index (χ1v) is 7.77. The second kappa shape index (κ2) is 6.46. The average Bonchev–Trinajstić information content (AvgIpc) is 2.68. The molecule has 0 radical (unpaired) electrons. The molecule has 0 spiro atoms. The van der Waals surface area contributed by atoms with Gasteiger partial charge in [-0.3, -0.25) is 4.79 Å². The molecular formula is C15H26N2O3. The number of amides is 2. The Bertz CT molecular complexity index is 372. The van der Waals surface area contributed by atoms with Gasteiger partial charge in [0.25, 0.3) is 0 Å². The molecule has 0 aromatic carbocycles. The van der Waals surface area contributed by atoms with E-state index in [4.69, 9.17) is 5.11 Å². The lowest BCUT2D eigenvalue weighted by Crippen LogP contribution is -2.46. The molecule has 114 valence electrons. The highest BCUT2D eigenvalue weighted by molar-refractivity contribution is 5.77. The normalized spacial score (nSPS) is 34.6. The molecule has 2 amide bonds. The number of urea groups is 1. The second-order valence-corrected chi connectivity index (χ2v) is 6.50. The molecule has 5 heteroatoms. The van der Waals surface area contributed by atoms with E-state index >= 15 is 0 Å². The topological polar surface area (TPSA) is 69.6 Å². The van der Waals surface area contributed by atoms with E-state index in [0.29, 0.717) is 19.0 Å². The van der Waals surface area contributed by atoms with Crippen LogP contribution in [0.5, 0.6) is 0 Å². The molecule has 0 aromatic rings. The van der Waals surface area contributed by atoms with Crippen molar-refractivity contribution in [2.24, 2.45) is 17.8 Å².